The van der Waals surface area contributed by atoms with Crippen molar-refractivity contribution in [1.29, 1.82) is 0 Å². The van der Waals surface area contributed by atoms with Gasteiger partial charge in [-0.15, -0.1) is 22.7 Å². The summed E-state index contributed by atoms with van der Waals surface area (Å²) in [5.41, 5.74) is 2.23. The first-order valence-electron chi connectivity index (χ1n) is 4.57. The zero-order valence-corrected chi connectivity index (χ0v) is 9.71. The van der Waals surface area contributed by atoms with Gasteiger partial charge in [0.05, 0.1) is 15.9 Å². The Morgan fingerprint density at radius 3 is 2.93 bits per heavy atom. The molecule has 0 saturated carbocycles. The summed E-state index contributed by atoms with van der Waals surface area (Å²) in [4.78, 5) is 1.28. The van der Waals surface area contributed by atoms with Gasteiger partial charge in [0.15, 0.2) is 5.82 Å². The molecule has 3 nitrogen and oxygen atoms in total. The van der Waals surface area contributed by atoms with E-state index in [0.29, 0.717) is 0 Å². The van der Waals surface area contributed by atoms with E-state index in [-0.39, 0.29) is 0 Å². The average molecular weight is 235 g/mol. The van der Waals surface area contributed by atoms with Crippen LogP contribution in [0.25, 0.3) is 10.2 Å². The van der Waals surface area contributed by atoms with Crippen molar-refractivity contribution in [2.45, 2.75) is 6.92 Å². The monoisotopic (exact) mass is 235 g/mol. The zero-order chi connectivity index (χ0) is 10.3. The van der Waals surface area contributed by atoms with Crippen LogP contribution in [0.15, 0.2) is 22.9 Å². The lowest BCUT2D eigenvalue weighted by Gasteiger charge is -2.00. The minimum atomic E-state index is 0.918. The number of hydrogen-bond donors (Lipinski definition) is 2. The molecule has 0 aliphatic heterocycles. The standard InChI is InChI=1S/C10H9N3S2/c1-6-7(2-4-14-6)11-10-9-8(12-13-10)3-5-15-9/h2-5H,1H3,(H2,11,12,13). The summed E-state index contributed by atoms with van der Waals surface area (Å²) in [5, 5.41) is 14.7. The second-order valence-electron chi connectivity index (χ2n) is 3.25. The Balaban J connectivity index is 2.02. The summed E-state index contributed by atoms with van der Waals surface area (Å²) in [6, 6.07) is 4.12. The quantitative estimate of drug-likeness (QED) is 0.710. The summed E-state index contributed by atoms with van der Waals surface area (Å²) in [5.74, 6) is 0.918. The van der Waals surface area contributed by atoms with Crippen molar-refractivity contribution in [2.24, 2.45) is 0 Å². The van der Waals surface area contributed by atoms with E-state index >= 15 is 0 Å². The number of nitrogens with zero attached hydrogens (tertiary/aromatic N) is 1. The van der Waals surface area contributed by atoms with Crippen molar-refractivity contribution in [2.75, 3.05) is 5.32 Å². The van der Waals surface area contributed by atoms with Crippen LogP contribution in [-0.4, -0.2) is 10.2 Å². The van der Waals surface area contributed by atoms with Crippen LogP contribution in [0.5, 0.6) is 0 Å². The van der Waals surface area contributed by atoms with Crippen molar-refractivity contribution in [3.63, 3.8) is 0 Å². The Bertz CT molecular complexity index is 590. The second kappa shape index (κ2) is 3.36. The van der Waals surface area contributed by atoms with E-state index in [9.17, 15) is 0 Å². The van der Waals surface area contributed by atoms with Crippen LogP contribution in [-0.2, 0) is 0 Å². The van der Waals surface area contributed by atoms with Gasteiger partial charge >= 0.3 is 0 Å². The lowest BCUT2D eigenvalue weighted by Crippen LogP contribution is -1.89. The highest BCUT2D eigenvalue weighted by Crippen LogP contribution is 2.30. The zero-order valence-electron chi connectivity index (χ0n) is 8.07. The number of aromatic amines is 1. The summed E-state index contributed by atoms with van der Waals surface area (Å²) in [7, 11) is 0. The van der Waals surface area contributed by atoms with Gasteiger partial charge in [-0.25, -0.2) is 0 Å². The van der Waals surface area contributed by atoms with Crippen LogP contribution in [0.1, 0.15) is 4.88 Å². The number of hydrogen-bond acceptors (Lipinski definition) is 4. The molecule has 3 aromatic rings. The Hall–Kier alpha value is -1.33. The maximum Gasteiger partial charge on any atom is 0.170 e. The second-order valence-corrected chi connectivity index (χ2v) is 5.29. The van der Waals surface area contributed by atoms with E-state index in [1.165, 1.54) is 9.58 Å². The fraction of sp³-hybridized carbons (Fsp3) is 0.100. The van der Waals surface area contributed by atoms with E-state index in [4.69, 9.17) is 0 Å². The molecule has 15 heavy (non-hydrogen) atoms. The van der Waals surface area contributed by atoms with Crippen LogP contribution in [0.2, 0.25) is 0 Å². The van der Waals surface area contributed by atoms with E-state index in [1.807, 2.05) is 6.07 Å². The third-order valence-electron chi connectivity index (χ3n) is 2.28. The van der Waals surface area contributed by atoms with Crippen LogP contribution < -0.4 is 5.32 Å². The number of fused-ring (bicyclic) bond motifs is 1. The Morgan fingerprint density at radius 2 is 2.13 bits per heavy atom. The first-order valence-corrected chi connectivity index (χ1v) is 6.33. The highest BCUT2D eigenvalue weighted by molar-refractivity contribution is 7.17. The lowest BCUT2D eigenvalue weighted by atomic mass is 10.4. The van der Waals surface area contributed by atoms with Gasteiger partial charge in [0.1, 0.15) is 0 Å². The van der Waals surface area contributed by atoms with Gasteiger partial charge in [-0.1, -0.05) is 0 Å². The van der Waals surface area contributed by atoms with Gasteiger partial charge in [-0.05, 0) is 29.8 Å². The molecule has 0 fully saturated rings. The Kier molecular flexibility index (Phi) is 2.00. The van der Waals surface area contributed by atoms with Crippen molar-refractivity contribution in [3.8, 4) is 0 Å². The van der Waals surface area contributed by atoms with Gasteiger partial charge in [0.2, 0.25) is 0 Å². The maximum absolute atomic E-state index is 4.25. The predicted molar refractivity (Wildman–Crippen MR) is 66.3 cm³/mol. The Morgan fingerprint density at radius 1 is 1.27 bits per heavy atom. The normalized spacial score (nSPS) is 11.0. The largest absolute Gasteiger partial charge is 0.337 e. The van der Waals surface area contributed by atoms with Crippen molar-refractivity contribution < 1.29 is 0 Å². The smallest absolute Gasteiger partial charge is 0.170 e. The average Bonchev–Trinajstić information content (AvgIpc) is 2.86. The number of nitrogens with one attached hydrogen (secondary N) is 2. The predicted octanol–water partition coefficient (Wildman–Crippen LogP) is 3.74. The molecule has 0 aliphatic rings. The van der Waals surface area contributed by atoms with Crippen LogP contribution in [0.4, 0.5) is 11.5 Å². The number of anilines is 2. The first kappa shape index (κ1) is 8.94. The van der Waals surface area contributed by atoms with Crippen molar-refractivity contribution in [1.82, 2.24) is 10.2 Å². The summed E-state index contributed by atoms with van der Waals surface area (Å²) >= 11 is 3.43. The van der Waals surface area contributed by atoms with E-state index in [0.717, 1.165) is 17.0 Å². The van der Waals surface area contributed by atoms with Crippen molar-refractivity contribution >= 4 is 44.4 Å². The summed E-state index contributed by atoms with van der Waals surface area (Å²) in [6.45, 7) is 2.10. The molecule has 76 valence electrons. The molecule has 0 unspecified atom stereocenters. The highest BCUT2D eigenvalue weighted by atomic mass is 32.1. The minimum absolute atomic E-state index is 0.918. The van der Waals surface area contributed by atoms with E-state index < -0.39 is 0 Å². The van der Waals surface area contributed by atoms with Crippen LogP contribution in [0.3, 0.4) is 0 Å². The van der Waals surface area contributed by atoms with Gasteiger partial charge in [0.25, 0.3) is 0 Å². The fourth-order valence-electron chi connectivity index (χ4n) is 1.47. The molecule has 3 aromatic heterocycles. The van der Waals surface area contributed by atoms with Gasteiger partial charge < -0.3 is 5.32 Å². The third-order valence-corrected chi connectivity index (χ3v) is 4.05. The molecular formula is C10H9N3S2. The lowest BCUT2D eigenvalue weighted by molar-refractivity contribution is 1.12. The molecule has 0 amide bonds. The van der Waals surface area contributed by atoms with Crippen molar-refractivity contribution in [3.05, 3.63) is 27.8 Å². The SMILES string of the molecule is Cc1sccc1Nc1n[nH]c2ccsc12. The number of aryl methyl sites for hydroxylation is 1. The van der Waals surface area contributed by atoms with Crippen LogP contribution >= 0.6 is 22.7 Å². The molecule has 0 atom stereocenters. The fourth-order valence-corrected chi connectivity index (χ4v) is 2.92. The molecule has 3 rings (SSSR count). The number of thiophene rings is 2. The van der Waals surface area contributed by atoms with Crippen LogP contribution in [0, 0.1) is 6.92 Å². The summed E-state index contributed by atoms with van der Waals surface area (Å²) < 4.78 is 1.18. The molecule has 0 spiro atoms. The molecule has 5 heteroatoms. The molecule has 0 aliphatic carbocycles. The molecule has 2 N–H and O–H groups in total. The minimum Gasteiger partial charge on any atom is -0.337 e. The topological polar surface area (TPSA) is 40.7 Å². The number of aromatic nitrogens is 2. The van der Waals surface area contributed by atoms with E-state index in [2.05, 4.69) is 39.3 Å². The number of H-pyrrole nitrogens is 1. The molecule has 0 radical (unpaired) electrons. The molecule has 0 bridgehead atoms. The molecule has 3 heterocycles. The highest BCUT2D eigenvalue weighted by Gasteiger charge is 2.08. The third kappa shape index (κ3) is 1.44. The summed E-state index contributed by atoms with van der Waals surface area (Å²) in [6.07, 6.45) is 0. The number of rotatable bonds is 2. The Labute approximate surface area is 94.8 Å². The first-order chi connectivity index (χ1) is 7.34. The molecule has 0 saturated heterocycles. The molecule has 0 aromatic carbocycles. The van der Waals surface area contributed by atoms with Gasteiger partial charge in [0, 0.05) is 4.88 Å². The van der Waals surface area contributed by atoms with E-state index in [1.54, 1.807) is 22.7 Å². The maximum atomic E-state index is 4.25. The van der Waals surface area contributed by atoms with Gasteiger partial charge in [-0.3, -0.25) is 5.10 Å². The molecular weight excluding hydrogens is 226 g/mol. The van der Waals surface area contributed by atoms with Gasteiger partial charge in [-0.2, -0.15) is 5.10 Å².